The van der Waals surface area contributed by atoms with Crippen molar-refractivity contribution in [2.45, 2.75) is 26.3 Å². The molecular formula is C13H17BrN4S. The molecule has 0 atom stereocenters. The van der Waals surface area contributed by atoms with Crippen LogP contribution in [0.15, 0.2) is 21.3 Å². The van der Waals surface area contributed by atoms with Gasteiger partial charge in [-0.1, -0.05) is 6.92 Å². The van der Waals surface area contributed by atoms with E-state index in [1.807, 2.05) is 13.1 Å². The van der Waals surface area contributed by atoms with E-state index >= 15 is 0 Å². The van der Waals surface area contributed by atoms with Gasteiger partial charge in [-0.2, -0.15) is 0 Å². The van der Waals surface area contributed by atoms with Gasteiger partial charge in [-0.15, -0.1) is 11.3 Å². The van der Waals surface area contributed by atoms with Crippen LogP contribution in [-0.4, -0.2) is 17.0 Å². The third-order valence-electron chi connectivity index (χ3n) is 2.68. The Morgan fingerprint density at radius 2 is 2.16 bits per heavy atom. The number of halogens is 1. The molecule has 2 aromatic heterocycles. The van der Waals surface area contributed by atoms with Crippen LogP contribution in [0.1, 0.15) is 24.7 Å². The number of hydrogen-bond acceptors (Lipinski definition) is 5. The summed E-state index contributed by atoms with van der Waals surface area (Å²) in [5.41, 5.74) is 7.10. The zero-order chi connectivity index (χ0) is 13.8. The quantitative estimate of drug-likeness (QED) is 0.905. The molecule has 0 spiro atoms. The molecule has 0 aliphatic heterocycles. The first-order valence-corrected chi connectivity index (χ1v) is 7.83. The fourth-order valence-electron chi connectivity index (χ4n) is 1.82. The van der Waals surface area contributed by atoms with Crippen molar-refractivity contribution >= 4 is 38.9 Å². The van der Waals surface area contributed by atoms with Crippen molar-refractivity contribution in [3.05, 3.63) is 32.7 Å². The van der Waals surface area contributed by atoms with E-state index in [1.54, 1.807) is 11.3 Å². The molecule has 6 heteroatoms. The number of aromatic nitrogens is 2. The zero-order valence-corrected chi connectivity index (χ0v) is 13.5. The van der Waals surface area contributed by atoms with Crippen LogP contribution in [0.5, 0.6) is 0 Å². The van der Waals surface area contributed by atoms with E-state index in [1.165, 1.54) is 5.56 Å². The van der Waals surface area contributed by atoms with Crippen molar-refractivity contribution < 1.29 is 0 Å². The maximum Gasteiger partial charge on any atom is 0.134 e. The molecule has 0 bridgehead atoms. The second-order valence-electron chi connectivity index (χ2n) is 4.43. The summed E-state index contributed by atoms with van der Waals surface area (Å²) in [4.78, 5) is 10.9. The van der Waals surface area contributed by atoms with Gasteiger partial charge in [-0.25, -0.2) is 9.97 Å². The summed E-state index contributed by atoms with van der Waals surface area (Å²) in [6, 6.07) is 3.94. The Kier molecular flexibility index (Phi) is 4.76. The number of nitrogen functional groups attached to an aromatic ring is 1. The van der Waals surface area contributed by atoms with Gasteiger partial charge in [0.05, 0.1) is 3.79 Å². The third kappa shape index (κ3) is 3.91. The number of anilines is 2. The van der Waals surface area contributed by atoms with Crippen LogP contribution in [0.4, 0.5) is 11.6 Å². The number of nitrogens with zero attached hydrogens (tertiary/aromatic N) is 3. The van der Waals surface area contributed by atoms with Gasteiger partial charge in [0, 0.05) is 26.1 Å². The molecule has 0 saturated heterocycles. The molecular weight excluding hydrogens is 324 g/mol. The van der Waals surface area contributed by atoms with Gasteiger partial charge in [0.15, 0.2) is 0 Å². The second kappa shape index (κ2) is 6.34. The standard InChI is InChI=1S/C13H17BrN4S/c1-3-4-12-16-11(15)6-13(17-12)18(2)7-9-5-10(14)19-8-9/h5-6,8H,3-4,7H2,1-2H3,(H2,15,16,17). The van der Waals surface area contributed by atoms with Gasteiger partial charge in [0.2, 0.25) is 0 Å². The molecule has 2 heterocycles. The van der Waals surface area contributed by atoms with Crippen molar-refractivity contribution in [3.63, 3.8) is 0 Å². The van der Waals surface area contributed by atoms with Crippen LogP contribution in [0.2, 0.25) is 0 Å². The third-order valence-corrected chi connectivity index (χ3v) is 4.24. The van der Waals surface area contributed by atoms with Crippen molar-refractivity contribution in [3.8, 4) is 0 Å². The Balaban J connectivity index is 2.15. The topological polar surface area (TPSA) is 55.0 Å². The molecule has 0 saturated carbocycles. The highest BCUT2D eigenvalue weighted by Crippen LogP contribution is 2.23. The highest BCUT2D eigenvalue weighted by atomic mass is 79.9. The van der Waals surface area contributed by atoms with Crippen LogP contribution in [0.3, 0.4) is 0 Å². The molecule has 2 N–H and O–H groups in total. The average Bonchev–Trinajstić information content (AvgIpc) is 2.74. The monoisotopic (exact) mass is 340 g/mol. The summed E-state index contributed by atoms with van der Waals surface area (Å²) < 4.78 is 1.14. The lowest BCUT2D eigenvalue weighted by molar-refractivity contribution is 0.815. The van der Waals surface area contributed by atoms with Gasteiger partial charge < -0.3 is 10.6 Å². The summed E-state index contributed by atoms with van der Waals surface area (Å²) in [6.07, 6.45) is 1.87. The van der Waals surface area contributed by atoms with Crippen LogP contribution in [0, 0.1) is 0 Å². The lowest BCUT2D eigenvalue weighted by Crippen LogP contribution is -2.18. The van der Waals surface area contributed by atoms with Crippen molar-refractivity contribution in [2.24, 2.45) is 0 Å². The van der Waals surface area contributed by atoms with Crippen LogP contribution in [-0.2, 0) is 13.0 Å². The van der Waals surface area contributed by atoms with E-state index in [0.717, 1.165) is 34.8 Å². The van der Waals surface area contributed by atoms with E-state index in [2.05, 4.69) is 49.2 Å². The Labute approximate surface area is 125 Å². The molecule has 0 radical (unpaired) electrons. The summed E-state index contributed by atoms with van der Waals surface area (Å²) in [5.74, 6) is 2.22. The SMILES string of the molecule is CCCc1nc(N)cc(N(C)Cc2csc(Br)c2)n1. The van der Waals surface area contributed by atoms with E-state index in [-0.39, 0.29) is 0 Å². The van der Waals surface area contributed by atoms with Gasteiger partial charge in [0.25, 0.3) is 0 Å². The average molecular weight is 341 g/mol. The van der Waals surface area contributed by atoms with E-state index in [0.29, 0.717) is 5.82 Å². The van der Waals surface area contributed by atoms with Gasteiger partial charge in [0.1, 0.15) is 17.5 Å². The number of hydrogen-bond donors (Lipinski definition) is 1. The van der Waals surface area contributed by atoms with Gasteiger partial charge in [-0.05, 0) is 39.4 Å². The first-order chi connectivity index (χ1) is 9.08. The minimum Gasteiger partial charge on any atom is -0.384 e. The van der Waals surface area contributed by atoms with E-state index in [9.17, 15) is 0 Å². The number of thiophene rings is 1. The Hall–Kier alpha value is -1.14. The molecule has 0 aliphatic rings. The predicted octanol–water partition coefficient (Wildman–Crippen LogP) is 3.47. The predicted molar refractivity (Wildman–Crippen MR) is 84.6 cm³/mol. The summed E-state index contributed by atoms with van der Waals surface area (Å²) in [5, 5.41) is 2.14. The minimum atomic E-state index is 0.534. The number of rotatable bonds is 5. The second-order valence-corrected chi connectivity index (χ2v) is 6.72. The number of nitrogens with two attached hydrogens (primary N) is 1. The fraction of sp³-hybridized carbons (Fsp3) is 0.385. The molecule has 0 aliphatic carbocycles. The minimum absolute atomic E-state index is 0.534. The van der Waals surface area contributed by atoms with Crippen molar-refractivity contribution in [1.29, 1.82) is 0 Å². The molecule has 2 aromatic rings. The van der Waals surface area contributed by atoms with Gasteiger partial charge >= 0.3 is 0 Å². The van der Waals surface area contributed by atoms with Crippen molar-refractivity contribution in [2.75, 3.05) is 17.7 Å². The Bertz CT molecular complexity index is 555. The summed E-state index contributed by atoms with van der Waals surface area (Å²) in [6.45, 7) is 2.92. The largest absolute Gasteiger partial charge is 0.384 e. The van der Waals surface area contributed by atoms with E-state index in [4.69, 9.17) is 5.73 Å². The molecule has 0 aromatic carbocycles. The maximum absolute atomic E-state index is 5.84. The summed E-state index contributed by atoms with van der Waals surface area (Å²) >= 11 is 5.17. The summed E-state index contributed by atoms with van der Waals surface area (Å²) in [7, 11) is 2.02. The Morgan fingerprint density at radius 3 is 2.79 bits per heavy atom. The molecule has 102 valence electrons. The normalized spacial score (nSPS) is 10.7. The van der Waals surface area contributed by atoms with Crippen molar-refractivity contribution in [1.82, 2.24) is 9.97 Å². The van der Waals surface area contributed by atoms with Crippen LogP contribution in [0.25, 0.3) is 0 Å². The molecule has 0 amide bonds. The molecule has 4 nitrogen and oxygen atoms in total. The molecule has 19 heavy (non-hydrogen) atoms. The highest BCUT2D eigenvalue weighted by molar-refractivity contribution is 9.11. The maximum atomic E-state index is 5.84. The van der Waals surface area contributed by atoms with Crippen LogP contribution >= 0.6 is 27.3 Å². The smallest absolute Gasteiger partial charge is 0.134 e. The van der Waals surface area contributed by atoms with Crippen LogP contribution < -0.4 is 10.6 Å². The molecule has 0 unspecified atom stereocenters. The van der Waals surface area contributed by atoms with E-state index < -0.39 is 0 Å². The first kappa shape index (κ1) is 14.3. The highest BCUT2D eigenvalue weighted by Gasteiger charge is 2.08. The zero-order valence-electron chi connectivity index (χ0n) is 11.1. The molecule has 0 fully saturated rings. The number of aryl methyl sites for hydroxylation is 1. The fourth-order valence-corrected chi connectivity index (χ4v) is 3.02. The lowest BCUT2D eigenvalue weighted by atomic mass is 10.3. The molecule has 2 rings (SSSR count). The lowest BCUT2D eigenvalue weighted by Gasteiger charge is -2.18. The first-order valence-electron chi connectivity index (χ1n) is 6.16. The van der Waals surface area contributed by atoms with Gasteiger partial charge in [-0.3, -0.25) is 0 Å². The Morgan fingerprint density at radius 1 is 1.37 bits per heavy atom.